The van der Waals surface area contributed by atoms with Crippen molar-refractivity contribution in [2.75, 3.05) is 5.32 Å². The third-order valence-electron chi connectivity index (χ3n) is 2.49. The molecule has 2 amide bonds. The average molecular weight is 411 g/mol. The van der Waals surface area contributed by atoms with Crippen LogP contribution in [-0.2, 0) is 4.79 Å². The summed E-state index contributed by atoms with van der Waals surface area (Å²) >= 11 is 8.10. The highest BCUT2D eigenvalue weighted by Gasteiger charge is 2.21. The Hall–Kier alpha value is -1.02. The van der Waals surface area contributed by atoms with E-state index in [1.165, 1.54) is 0 Å². The van der Waals surface area contributed by atoms with Crippen LogP contribution in [0, 0.1) is 9.49 Å². The first-order valence-corrected chi connectivity index (χ1v) is 7.50. The second-order valence-electron chi connectivity index (χ2n) is 4.74. The van der Waals surface area contributed by atoms with Gasteiger partial charge in [-0.2, -0.15) is 0 Å². The van der Waals surface area contributed by atoms with Crippen molar-refractivity contribution in [1.82, 2.24) is 5.32 Å². The maximum absolute atomic E-state index is 11.8. The van der Waals surface area contributed by atoms with Crippen molar-refractivity contribution in [1.29, 1.82) is 0 Å². The summed E-state index contributed by atoms with van der Waals surface area (Å²) in [6.07, 6.45) is 0.364. The van der Waals surface area contributed by atoms with E-state index < -0.39 is 18.0 Å². The number of carbonyl (C=O) groups is 2. The molecule has 0 bridgehead atoms. The number of hydrogen-bond donors (Lipinski definition) is 3. The van der Waals surface area contributed by atoms with Gasteiger partial charge in [-0.3, -0.25) is 0 Å². The van der Waals surface area contributed by atoms with Crippen molar-refractivity contribution < 1.29 is 14.7 Å². The molecule has 7 heteroatoms. The number of carboxylic acids is 1. The molecular formula is C13H16ClIN2O3. The van der Waals surface area contributed by atoms with Gasteiger partial charge in [-0.05, 0) is 53.1 Å². The molecular weight excluding hydrogens is 395 g/mol. The molecule has 1 atom stereocenters. The van der Waals surface area contributed by atoms with Crippen molar-refractivity contribution in [3.8, 4) is 0 Å². The largest absolute Gasteiger partial charge is 0.480 e. The van der Waals surface area contributed by atoms with Gasteiger partial charge in [0.15, 0.2) is 0 Å². The molecule has 0 aliphatic heterocycles. The minimum atomic E-state index is -1.05. The average Bonchev–Trinajstić information content (AvgIpc) is 2.31. The number of benzene rings is 1. The van der Waals surface area contributed by atoms with Crippen molar-refractivity contribution in [3.63, 3.8) is 0 Å². The Labute approximate surface area is 136 Å². The van der Waals surface area contributed by atoms with E-state index in [1.54, 1.807) is 18.2 Å². The first-order valence-electron chi connectivity index (χ1n) is 6.05. The van der Waals surface area contributed by atoms with Gasteiger partial charge < -0.3 is 15.7 Å². The van der Waals surface area contributed by atoms with Crippen LogP contribution >= 0.6 is 34.2 Å². The predicted molar refractivity (Wildman–Crippen MR) is 87.2 cm³/mol. The van der Waals surface area contributed by atoms with Crippen LogP contribution in [0.25, 0.3) is 0 Å². The van der Waals surface area contributed by atoms with Gasteiger partial charge in [-0.1, -0.05) is 25.4 Å². The summed E-state index contributed by atoms with van der Waals surface area (Å²) in [6, 6.07) is 3.67. The second kappa shape index (κ2) is 7.68. The number of carboxylic acid groups (broad SMARTS) is 1. The van der Waals surface area contributed by atoms with Crippen molar-refractivity contribution >= 4 is 51.9 Å². The number of halogens is 2. The standard InChI is InChI=1S/C13H16ClIN2O3/c1-7(2)5-11(12(18)19)17-13(20)16-10-4-3-8(15)6-9(10)14/h3-4,6-7,11H,5H2,1-2H3,(H,18,19)(H2,16,17,20). The van der Waals surface area contributed by atoms with Gasteiger partial charge >= 0.3 is 12.0 Å². The quantitative estimate of drug-likeness (QED) is 0.650. The number of anilines is 1. The zero-order chi connectivity index (χ0) is 15.3. The van der Waals surface area contributed by atoms with Crippen LogP contribution in [-0.4, -0.2) is 23.1 Å². The van der Waals surface area contributed by atoms with E-state index in [4.69, 9.17) is 16.7 Å². The lowest BCUT2D eigenvalue weighted by Crippen LogP contribution is -2.43. The summed E-state index contributed by atoms with van der Waals surface area (Å²) < 4.78 is 0.946. The minimum Gasteiger partial charge on any atom is -0.480 e. The first-order chi connectivity index (χ1) is 9.29. The topological polar surface area (TPSA) is 78.4 Å². The van der Waals surface area contributed by atoms with E-state index in [2.05, 4.69) is 33.2 Å². The maximum atomic E-state index is 11.8. The highest BCUT2D eigenvalue weighted by Crippen LogP contribution is 2.23. The molecule has 1 aromatic carbocycles. The van der Waals surface area contributed by atoms with Crippen molar-refractivity contribution in [2.24, 2.45) is 5.92 Å². The molecule has 5 nitrogen and oxygen atoms in total. The maximum Gasteiger partial charge on any atom is 0.326 e. The fourth-order valence-electron chi connectivity index (χ4n) is 1.60. The van der Waals surface area contributed by atoms with Gasteiger partial charge in [0.05, 0.1) is 10.7 Å². The number of rotatable bonds is 5. The SMILES string of the molecule is CC(C)CC(NC(=O)Nc1ccc(I)cc1Cl)C(=O)O. The van der Waals surface area contributed by atoms with E-state index in [0.29, 0.717) is 17.1 Å². The number of carbonyl (C=O) groups excluding carboxylic acids is 1. The molecule has 1 aromatic rings. The van der Waals surface area contributed by atoms with Crippen LogP contribution in [0.3, 0.4) is 0 Å². The molecule has 3 N–H and O–H groups in total. The Balaban J connectivity index is 2.68. The molecule has 0 aliphatic carbocycles. The van der Waals surface area contributed by atoms with Gasteiger partial charge in [0.25, 0.3) is 0 Å². The van der Waals surface area contributed by atoms with Gasteiger partial charge in [0.1, 0.15) is 6.04 Å². The lowest BCUT2D eigenvalue weighted by molar-refractivity contribution is -0.139. The summed E-state index contributed by atoms with van der Waals surface area (Å²) in [4.78, 5) is 22.9. The summed E-state index contributed by atoms with van der Waals surface area (Å²) in [5.74, 6) is -0.888. The Morgan fingerprint density at radius 1 is 1.40 bits per heavy atom. The minimum absolute atomic E-state index is 0.165. The van der Waals surface area contributed by atoms with Crippen molar-refractivity contribution in [2.45, 2.75) is 26.3 Å². The lowest BCUT2D eigenvalue weighted by Gasteiger charge is -2.17. The van der Waals surface area contributed by atoms with Gasteiger partial charge in [0.2, 0.25) is 0 Å². The molecule has 0 heterocycles. The monoisotopic (exact) mass is 410 g/mol. The summed E-state index contributed by atoms with van der Waals surface area (Å²) in [6.45, 7) is 3.79. The smallest absolute Gasteiger partial charge is 0.326 e. The number of urea groups is 1. The highest BCUT2D eigenvalue weighted by atomic mass is 127. The van der Waals surface area contributed by atoms with E-state index in [-0.39, 0.29) is 5.92 Å². The van der Waals surface area contributed by atoms with Crippen LogP contribution in [0.15, 0.2) is 18.2 Å². The van der Waals surface area contributed by atoms with Gasteiger partial charge in [0, 0.05) is 3.57 Å². The highest BCUT2D eigenvalue weighted by molar-refractivity contribution is 14.1. The van der Waals surface area contributed by atoms with Gasteiger partial charge in [-0.25, -0.2) is 9.59 Å². The van der Waals surface area contributed by atoms with Crippen LogP contribution in [0.5, 0.6) is 0 Å². The Morgan fingerprint density at radius 3 is 2.55 bits per heavy atom. The predicted octanol–water partition coefficient (Wildman–Crippen LogP) is 3.57. The van der Waals surface area contributed by atoms with Crippen LogP contribution < -0.4 is 10.6 Å². The fourth-order valence-corrected chi connectivity index (χ4v) is 2.50. The number of aliphatic carboxylic acids is 1. The molecule has 0 spiro atoms. The number of amides is 2. The summed E-state index contributed by atoms with van der Waals surface area (Å²) in [7, 11) is 0. The molecule has 0 aromatic heterocycles. The number of nitrogens with one attached hydrogen (secondary N) is 2. The molecule has 0 radical (unpaired) electrons. The molecule has 20 heavy (non-hydrogen) atoms. The van der Waals surface area contributed by atoms with Crippen LogP contribution in [0.1, 0.15) is 20.3 Å². The summed E-state index contributed by atoms with van der Waals surface area (Å²) in [5.41, 5.74) is 0.443. The van der Waals surface area contributed by atoms with Crippen LogP contribution in [0.4, 0.5) is 10.5 Å². The Bertz CT molecular complexity index is 508. The van der Waals surface area contributed by atoms with E-state index in [9.17, 15) is 9.59 Å². The molecule has 0 fully saturated rings. The Kier molecular flexibility index (Phi) is 6.54. The molecule has 110 valence electrons. The zero-order valence-corrected chi connectivity index (χ0v) is 14.0. The van der Waals surface area contributed by atoms with Crippen molar-refractivity contribution in [3.05, 3.63) is 26.8 Å². The summed E-state index contributed by atoms with van der Waals surface area (Å²) in [5, 5.41) is 14.4. The van der Waals surface area contributed by atoms with E-state index in [1.807, 2.05) is 13.8 Å². The molecule has 1 rings (SSSR count). The zero-order valence-electron chi connectivity index (χ0n) is 11.1. The lowest BCUT2D eigenvalue weighted by atomic mass is 10.0. The Morgan fingerprint density at radius 2 is 2.05 bits per heavy atom. The normalized spacial score (nSPS) is 12.1. The third-order valence-corrected chi connectivity index (χ3v) is 3.47. The van der Waals surface area contributed by atoms with Gasteiger partial charge in [-0.15, -0.1) is 0 Å². The number of hydrogen-bond acceptors (Lipinski definition) is 2. The van der Waals surface area contributed by atoms with E-state index in [0.717, 1.165) is 3.57 Å². The molecule has 0 aliphatic rings. The fraction of sp³-hybridized carbons (Fsp3) is 0.385. The second-order valence-corrected chi connectivity index (χ2v) is 6.40. The third kappa shape index (κ3) is 5.54. The van der Waals surface area contributed by atoms with Crippen LogP contribution in [0.2, 0.25) is 5.02 Å². The molecule has 0 saturated heterocycles. The van der Waals surface area contributed by atoms with E-state index >= 15 is 0 Å². The molecule has 0 saturated carbocycles. The molecule has 1 unspecified atom stereocenters. The first kappa shape index (κ1) is 17.0.